The van der Waals surface area contributed by atoms with Crippen molar-refractivity contribution in [3.63, 3.8) is 0 Å². The van der Waals surface area contributed by atoms with Crippen molar-refractivity contribution in [1.29, 1.82) is 0 Å². The summed E-state index contributed by atoms with van der Waals surface area (Å²) in [6.07, 6.45) is 1.92. The molecule has 14 heavy (non-hydrogen) atoms. The Kier molecular flexibility index (Phi) is 7.27. The minimum atomic E-state index is -0.755. The van der Waals surface area contributed by atoms with E-state index in [1.165, 1.54) is 21.6 Å². The number of aliphatic carboxylic acids is 1. The van der Waals surface area contributed by atoms with Gasteiger partial charge in [0, 0.05) is 18.1 Å². The lowest BCUT2D eigenvalue weighted by atomic mass is 10.5. The number of hydrogen-bond donors (Lipinski definition) is 1. The topological polar surface area (TPSA) is 80.7 Å². The van der Waals surface area contributed by atoms with E-state index in [1.54, 1.807) is 6.20 Å². The fourth-order valence-electron chi connectivity index (χ4n) is 0.627. The summed E-state index contributed by atoms with van der Waals surface area (Å²) in [6.45, 7) is 0. The van der Waals surface area contributed by atoms with Crippen LogP contribution >= 0.6 is 21.6 Å². The number of aromatic nitrogens is 1. The van der Waals surface area contributed by atoms with Crippen LogP contribution in [0.5, 0.6) is 0 Å². The predicted octanol–water partition coefficient (Wildman–Crippen LogP) is 1.82. The highest BCUT2D eigenvalue weighted by Crippen LogP contribution is 2.29. The van der Waals surface area contributed by atoms with Gasteiger partial charge in [-0.2, -0.15) is 0 Å². The molecule has 0 unspecified atom stereocenters. The van der Waals surface area contributed by atoms with E-state index in [-0.39, 0.29) is 12.6 Å². The SMILES string of the molecule is O=C(O)CCSSc1ccccn1.[N]. The molecule has 6 heteroatoms. The van der Waals surface area contributed by atoms with E-state index < -0.39 is 5.97 Å². The summed E-state index contributed by atoms with van der Waals surface area (Å²) in [6, 6.07) is 5.66. The molecular weight excluding hydrogens is 220 g/mol. The molecule has 0 aliphatic rings. The van der Waals surface area contributed by atoms with Gasteiger partial charge in [-0.1, -0.05) is 16.9 Å². The zero-order valence-electron chi connectivity index (χ0n) is 7.29. The standard InChI is InChI=1S/C8H9NO2S2.N/c10-8(11)4-6-12-13-7-3-1-2-5-9-7;/h1-3,5H,4,6H2,(H,10,11);. The Labute approximate surface area is 90.5 Å². The Morgan fingerprint density at radius 2 is 2.29 bits per heavy atom. The maximum atomic E-state index is 10.2. The third-order valence-corrected chi connectivity index (χ3v) is 3.45. The third-order valence-electron chi connectivity index (χ3n) is 1.18. The molecule has 0 amide bonds. The minimum Gasteiger partial charge on any atom is -0.481 e. The molecule has 1 aromatic heterocycles. The molecule has 0 atom stereocenters. The van der Waals surface area contributed by atoms with E-state index in [1.807, 2.05) is 18.2 Å². The summed E-state index contributed by atoms with van der Waals surface area (Å²) in [7, 11) is 3.01. The van der Waals surface area contributed by atoms with E-state index in [4.69, 9.17) is 5.11 Å². The maximum absolute atomic E-state index is 10.2. The van der Waals surface area contributed by atoms with E-state index in [0.29, 0.717) is 5.75 Å². The van der Waals surface area contributed by atoms with Gasteiger partial charge in [0.1, 0.15) is 5.03 Å². The van der Waals surface area contributed by atoms with Crippen LogP contribution in [-0.2, 0) is 4.79 Å². The van der Waals surface area contributed by atoms with E-state index in [2.05, 4.69) is 4.98 Å². The molecule has 0 aliphatic carbocycles. The van der Waals surface area contributed by atoms with E-state index >= 15 is 0 Å². The predicted molar refractivity (Wildman–Crippen MR) is 56.9 cm³/mol. The Balaban J connectivity index is 0.00000169. The minimum absolute atomic E-state index is 0. The van der Waals surface area contributed by atoms with Crippen LogP contribution in [0.2, 0.25) is 0 Å². The van der Waals surface area contributed by atoms with Crippen molar-refractivity contribution in [3.8, 4) is 0 Å². The van der Waals surface area contributed by atoms with Crippen molar-refractivity contribution in [1.82, 2.24) is 11.1 Å². The zero-order chi connectivity index (χ0) is 9.52. The summed E-state index contributed by atoms with van der Waals surface area (Å²) < 4.78 is 0. The lowest BCUT2D eigenvalue weighted by molar-refractivity contribution is -0.136. The van der Waals surface area contributed by atoms with Gasteiger partial charge in [-0.15, -0.1) is 0 Å². The monoisotopic (exact) mass is 229 g/mol. The Morgan fingerprint density at radius 3 is 2.86 bits per heavy atom. The summed E-state index contributed by atoms with van der Waals surface area (Å²) >= 11 is 0. The summed E-state index contributed by atoms with van der Waals surface area (Å²) in [5, 5.41) is 9.29. The number of carboxylic acid groups (broad SMARTS) is 1. The first-order chi connectivity index (χ1) is 6.29. The van der Waals surface area contributed by atoms with Crippen molar-refractivity contribution < 1.29 is 9.90 Å². The highest BCUT2D eigenvalue weighted by atomic mass is 33.1. The number of carboxylic acids is 1. The van der Waals surface area contributed by atoms with Crippen molar-refractivity contribution in [2.24, 2.45) is 0 Å². The molecule has 1 N–H and O–H groups in total. The first-order valence-corrected chi connectivity index (χ1v) is 6.03. The molecule has 0 saturated carbocycles. The van der Waals surface area contributed by atoms with Crippen molar-refractivity contribution in [3.05, 3.63) is 24.4 Å². The fraction of sp³-hybridized carbons (Fsp3) is 0.250. The highest BCUT2D eigenvalue weighted by molar-refractivity contribution is 8.76. The summed E-state index contributed by atoms with van der Waals surface area (Å²) in [5.74, 6) is -0.148. The van der Waals surface area contributed by atoms with Gasteiger partial charge in [-0.25, -0.2) is 4.98 Å². The molecule has 1 rings (SSSR count). The quantitative estimate of drug-likeness (QED) is 0.615. The number of carbonyl (C=O) groups is 1. The largest absolute Gasteiger partial charge is 0.481 e. The number of nitrogens with zero attached hydrogens (tertiary/aromatic N) is 2. The number of hydrogen-bond acceptors (Lipinski definition) is 4. The smallest absolute Gasteiger partial charge is 0.304 e. The van der Waals surface area contributed by atoms with Gasteiger partial charge < -0.3 is 5.11 Å². The van der Waals surface area contributed by atoms with Crippen LogP contribution in [0.4, 0.5) is 0 Å². The van der Waals surface area contributed by atoms with Crippen molar-refractivity contribution >= 4 is 27.6 Å². The average molecular weight is 229 g/mol. The number of pyridine rings is 1. The van der Waals surface area contributed by atoms with Crippen molar-refractivity contribution in [2.45, 2.75) is 11.4 Å². The molecule has 0 saturated heterocycles. The van der Waals surface area contributed by atoms with E-state index in [0.717, 1.165) is 5.03 Å². The Bertz CT molecular complexity index is 269. The molecule has 4 nitrogen and oxygen atoms in total. The van der Waals surface area contributed by atoms with Gasteiger partial charge in [0.25, 0.3) is 0 Å². The van der Waals surface area contributed by atoms with Crippen LogP contribution in [-0.4, -0.2) is 21.8 Å². The Morgan fingerprint density at radius 1 is 1.50 bits per heavy atom. The maximum Gasteiger partial charge on any atom is 0.304 e. The average Bonchev–Trinajstić information content (AvgIpc) is 2.14. The second-order valence-corrected chi connectivity index (χ2v) is 4.65. The second kappa shape index (κ2) is 7.66. The number of rotatable bonds is 5. The molecule has 0 bridgehead atoms. The second-order valence-electron chi connectivity index (χ2n) is 2.22. The van der Waals surface area contributed by atoms with Crippen molar-refractivity contribution in [2.75, 3.05) is 5.75 Å². The Hall–Kier alpha value is -0.720. The van der Waals surface area contributed by atoms with Crippen LogP contribution in [0.15, 0.2) is 29.4 Å². The third kappa shape index (κ3) is 5.85. The van der Waals surface area contributed by atoms with Gasteiger partial charge in [0.2, 0.25) is 0 Å². The molecule has 0 fully saturated rings. The first kappa shape index (κ1) is 13.3. The van der Waals surface area contributed by atoms with Gasteiger partial charge in [-0.3, -0.25) is 4.79 Å². The van der Waals surface area contributed by atoms with Gasteiger partial charge in [0.15, 0.2) is 0 Å². The molecular formula is C8H9N2O2S2. The van der Waals surface area contributed by atoms with Gasteiger partial charge in [0.05, 0.1) is 6.42 Å². The van der Waals surface area contributed by atoms with E-state index in [9.17, 15) is 4.79 Å². The molecule has 0 spiro atoms. The molecule has 1 aromatic rings. The highest BCUT2D eigenvalue weighted by Gasteiger charge is 1.98. The van der Waals surface area contributed by atoms with Gasteiger partial charge in [-0.05, 0) is 22.9 Å². The fourth-order valence-corrected chi connectivity index (χ4v) is 2.49. The van der Waals surface area contributed by atoms with Crippen LogP contribution in [0.3, 0.4) is 0 Å². The van der Waals surface area contributed by atoms with Crippen LogP contribution in [0.25, 0.3) is 0 Å². The van der Waals surface area contributed by atoms with Gasteiger partial charge >= 0.3 is 5.97 Å². The summed E-state index contributed by atoms with van der Waals surface area (Å²) in [4.78, 5) is 14.3. The lowest BCUT2D eigenvalue weighted by Crippen LogP contribution is -1.94. The first-order valence-electron chi connectivity index (χ1n) is 3.71. The lowest BCUT2D eigenvalue weighted by Gasteiger charge is -1.97. The molecule has 75 valence electrons. The van der Waals surface area contributed by atoms with Crippen LogP contribution < -0.4 is 6.15 Å². The summed E-state index contributed by atoms with van der Waals surface area (Å²) in [5.41, 5.74) is 0. The molecule has 0 aliphatic heterocycles. The van der Waals surface area contributed by atoms with Crippen LogP contribution in [0.1, 0.15) is 6.42 Å². The molecule has 1 heterocycles. The normalized spacial score (nSPS) is 9.14. The molecule has 0 aromatic carbocycles. The van der Waals surface area contributed by atoms with Crippen LogP contribution in [0, 0.1) is 0 Å². The molecule has 3 radical (unpaired) electrons. The zero-order valence-corrected chi connectivity index (χ0v) is 8.92.